The van der Waals surface area contributed by atoms with Crippen LogP contribution in [0.25, 0.3) is 12.3 Å². The molecule has 1 heterocycles. The zero-order valence-electron chi connectivity index (χ0n) is 17.1. The van der Waals surface area contributed by atoms with Gasteiger partial charge in [-0.15, -0.1) is 0 Å². The topological polar surface area (TPSA) is 56.5 Å². The van der Waals surface area contributed by atoms with Crippen LogP contribution in [0.4, 0.5) is 0 Å². The molecule has 0 saturated heterocycles. The summed E-state index contributed by atoms with van der Waals surface area (Å²) in [6.45, 7) is 0. The molecule has 4 rings (SSSR count). The maximum absolute atomic E-state index is 12.6. The number of hydrogen-bond acceptors (Lipinski definition) is 4. The first kappa shape index (κ1) is 20.8. The molecule has 5 heteroatoms. The Morgan fingerprint density at radius 2 is 1.22 bits per heavy atom. The molecule has 0 aliphatic heterocycles. The SMILES string of the molecule is O=C(Oc1ccc(/C=C/[n+]2ccccc2)c(OC(=O)c2ccccc2)c1)c1ccccc1. The third-order valence-electron chi connectivity index (χ3n) is 4.58. The number of aromatic nitrogens is 1. The van der Waals surface area contributed by atoms with E-state index in [1.165, 1.54) is 6.07 Å². The van der Waals surface area contributed by atoms with Gasteiger partial charge in [0.25, 0.3) is 0 Å². The van der Waals surface area contributed by atoms with E-state index < -0.39 is 11.9 Å². The van der Waals surface area contributed by atoms with Gasteiger partial charge in [0.15, 0.2) is 18.6 Å². The van der Waals surface area contributed by atoms with Gasteiger partial charge in [-0.3, -0.25) is 0 Å². The molecule has 0 radical (unpaired) electrons. The molecule has 0 fully saturated rings. The highest BCUT2D eigenvalue weighted by atomic mass is 16.5. The van der Waals surface area contributed by atoms with Crippen LogP contribution in [0.2, 0.25) is 0 Å². The van der Waals surface area contributed by atoms with Gasteiger partial charge >= 0.3 is 11.9 Å². The predicted molar refractivity (Wildman–Crippen MR) is 121 cm³/mol. The summed E-state index contributed by atoms with van der Waals surface area (Å²) in [5.41, 5.74) is 1.51. The fourth-order valence-electron chi connectivity index (χ4n) is 2.96. The van der Waals surface area contributed by atoms with Crippen LogP contribution in [0.15, 0.2) is 109 Å². The van der Waals surface area contributed by atoms with E-state index in [2.05, 4.69) is 0 Å². The van der Waals surface area contributed by atoms with Gasteiger partial charge < -0.3 is 9.47 Å². The summed E-state index contributed by atoms with van der Waals surface area (Å²) in [4.78, 5) is 25.1. The Hall–Kier alpha value is -4.51. The highest BCUT2D eigenvalue weighted by Gasteiger charge is 2.14. The van der Waals surface area contributed by atoms with Gasteiger partial charge in [0.2, 0.25) is 0 Å². The van der Waals surface area contributed by atoms with Crippen molar-refractivity contribution in [1.29, 1.82) is 0 Å². The minimum atomic E-state index is -0.501. The summed E-state index contributed by atoms with van der Waals surface area (Å²) in [5.74, 6) is -0.433. The third kappa shape index (κ3) is 5.34. The summed E-state index contributed by atoms with van der Waals surface area (Å²) in [7, 11) is 0. The molecule has 5 nitrogen and oxygen atoms in total. The molecule has 0 atom stereocenters. The Bertz CT molecular complexity index is 1240. The summed E-state index contributed by atoms with van der Waals surface area (Å²) in [5, 5.41) is 0. The molecule has 0 saturated carbocycles. The molecule has 0 aliphatic rings. The van der Waals surface area contributed by atoms with Crippen LogP contribution < -0.4 is 14.0 Å². The minimum absolute atomic E-state index is 0.277. The van der Waals surface area contributed by atoms with Crippen LogP contribution in [0.1, 0.15) is 26.3 Å². The summed E-state index contributed by atoms with van der Waals surface area (Å²) >= 11 is 0. The minimum Gasteiger partial charge on any atom is -0.423 e. The number of nitrogens with zero attached hydrogens (tertiary/aromatic N) is 1. The van der Waals surface area contributed by atoms with Crippen molar-refractivity contribution >= 4 is 24.2 Å². The van der Waals surface area contributed by atoms with Gasteiger partial charge in [-0.1, -0.05) is 42.5 Å². The highest BCUT2D eigenvalue weighted by Crippen LogP contribution is 2.27. The number of benzene rings is 3. The molecule has 32 heavy (non-hydrogen) atoms. The number of esters is 2. The molecule has 1 aromatic heterocycles. The zero-order valence-corrected chi connectivity index (χ0v) is 17.1. The normalized spacial score (nSPS) is 10.6. The van der Waals surface area contributed by atoms with Crippen molar-refractivity contribution in [2.45, 2.75) is 0 Å². The van der Waals surface area contributed by atoms with Crippen molar-refractivity contribution in [1.82, 2.24) is 0 Å². The summed E-state index contributed by atoms with van der Waals surface area (Å²) in [6, 6.07) is 28.1. The van der Waals surface area contributed by atoms with Crippen molar-refractivity contribution in [2.75, 3.05) is 0 Å². The van der Waals surface area contributed by atoms with Crippen LogP contribution in [-0.4, -0.2) is 11.9 Å². The molecule has 0 unspecified atom stereocenters. The molecule has 0 spiro atoms. The predicted octanol–water partition coefficient (Wildman–Crippen LogP) is 5.04. The van der Waals surface area contributed by atoms with Crippen LogP contribution in [0, 0.1) is 0 Å². The molecule has 0 aliphatic carbocycles. The maximum atomic E-state index is 12.6. The molecule has 3 aromatic carbocycles. The number of rotatable bonds is 6. The summed E-state index contributed by atoms with van der Waals surface area (Å²) < 4.78 is 13.0. The van der Waals surface area contributed by atoms with E-state index in [9.17, 15) is 9.59 Å². The Balaban J connectivity index is 1.62. The summed E-state index contributed by atoms with van der Waals surface area (Å²) in [6.07, 6.45) is 7.44. The highest BCUT2D eigenvalue weighted by molar-refractivity contribution is 5.92. The maximum Gasteiger partial charge on any atom is 0.343 e. The lowest BCUT2D eigenvalue weighted by Crippen LogP contribution is -2.23. The van der Waals surface area contributed by atoms with Crippen molar-refractivity contribution in [3.8, 4) is 11.5 Å². The van der Waals surface area contributed by atoms with E-state index in [1.807, 2.05) is 59.6 Å². The number of carbonyl (C=O) groups excluding carboxylic acids is 2. The van der Waals surface area contributed by atoms with E-state index in [-0.39, 0.29) is 11.5 Å². The van der Waals surface area contributed by atoms with Gasteiger partial charge in [-0.25, -0.2) is 9.59 Å². The second-order valence-corrected chi connectivity index (χ2v) is 6.85. The van der Waals surface area contributed by atoms with Crippen molar-refractivity contribution in [3.05, 3.63) is 126 Å². The van der Waals surface area contributed by atoms with Gasteiger partial charge in [-0.05, 0) is 36.4 Å². The van der Waals surface area contributed by atoms with Crippen molar-refractivity contribution < 1.29 is 23.6 Å². The largest absolute Gasteiger partial charge is 0.423 e. The fourth-order valence-corrected chi connectivity index (χ4v) is 2.96. The van der Waals surface area contributed by atoms with Crippen molar-refractivity contribution in [2.24, 2.45) is 0 Å². The van der Waals surface area contributed by atoms with Crippen LogP contribution in [0.5, 0.6) is 11.5 Å². The molecule has 0 amide bonds. The number of carbonyl (C=O) groups is 2. The van der Waals surface area contributed by atoms with Gasteiger partial charge in [0.05, 0.1) is 11.1 Å². The van der Waals surface area contributed by atoms with Crippen LogP contribution >= 0.6 is 0 Å². The first-order chi connectivity index (χ1) is 15.7. The average Bonchev–Trinajstić information content (AvgIpc) is 2.85. The molecular formula is C27H20NO4+. The van der Waals surface area contributed by atoms with E-state index in [4.69, 9.17) is 9.47 Å². The lowest BCUT2D eigenvalue weighted by Gasteiger charge is -2.10. The van der Waals surface area contributed by atoms with Crippen LogP contribution in [0.3, 0.4) is 0 Å². The Morgan fingerprint density at radius 3 is 1.84 bits per heavy atom. The van der Waals surface area contributed by atoms with E-state index in [0.29, 0.717) is 16.7 Å². The Kier molecular flexibility index (Phi) is 6.48. The smallest absolute Gasteiger partial charge is 0.343 e. The van der Waals surface area contributed by atoms with Gasteiger partial charge in [0, 0.05) is 29.8 Å². The number of ether oxygens (including phenoxy) is 2. The van der Waals surface area contributed by atoms with Crippen molar-refractivity contribution in [3.63, 3.8) is 0 Å². The van der Waals surface area contributed by atoms with Gasteiger partial charge in [0.1, 0.15) is 11.5 Å². The average molecular weight is 422 g/mol. The molecule has 156 valence electrons. The number of hydrogen-bond donors (Lipinski definition) is 0. The van der Waals surface area contributed by atoms with Gasteiger partial charge in [-0.2, -0.15) is 4.57 Å². The quantitative estimate of drug-likeness (QED) is 0.248. The molecule has 0 N–H and O–H groups in total. The monoisotopic (exact) mass is 422 g/mol. The van der Waals surface area contributed by atoms with E-state index in [1.54, 1.807) is 60.7 Å². The standard InChI is InChI=1S/C27H20NO4/c29-26(22-10-4-1-5-11-22)31-24-15-14-21(16-19-28-17-8-3-9-18-28)25(20-24)32-27(30)23-12-6-2-7-13-23/h1-20H/q+1/b19-16+. The fraction of sp³-hybridized carbons (Fsp3) is 0. The molecular weight excluding hydrogens is 402 g/mol. The molecule has 0 bridgehead atoms. The Labute approximate surface area is 185 Å². The Morgan fingerprint density at radius 1 is 0.656 bits per heavy atom. The lowest BCUT2D eigenvalue weighted by molar-refractivity contribution is -0.567. The van der Waals surface area contributed by atoms with Crippen LogP contribution in [-0.2, 0) is 0 Å². The van der Waals surface area contributed by atoms with E-state index >= 15 is 0 Å². The number of pyridine rings is 1. The first-order valence-corrected chi connectivity index (χ1v) is 10.0. The second kappa shape index (κ2) is 10.00. The second-order valence-electron chi connectivity index (χ2n) is 6.85. The third-order valence-corrected chi connectivity index (χ3v) is 4.58. The zero-order chi connectivity index (χ0) is 22.2. The first-order valence-electron chi connectivity index (χ1n) is 10.0. The lowest BCUT2D eigenvalue weighted by atomic mass is 10.1. The van der Waals surface area contributed by atoms with E-state index in [0.717, 1.165) is 0 Å². The molecule has 4 aromatic rings.